The maximum absolute atomic E-state index is 13.6. The smallest absolute Gasteiger partial charge is 0.225 e. The Morgan fingerprint density at radius 3 is 2.61 bits per heavy atom. The number of imidazole rings is 1. The molecule has 4 aromatic rings. The third-order valence-electron chi connectivity index (χ3n) is 6.43. The highest BCUT2D eigenvalue weighted by atomic mass is 19.1. The minimum absolute atomic E-state index is 0.150. The van der Waals surface area contributed by atoms with Crippen LogP contribution in [0.2, 0.25) is 0 Å². The SMILES string of the molecule is CCn1c(CN2CCCC2c2nc(N(C)C)ncc2-c2ccc(F)cc2)nc2ccccc21. The fraction of sp³-hybridized carbons (Fsp3) is 0.346. The van der Waals surface area contributed by atoms with Gasteiger partial charge < -0.3 is 9.47 Å². The first kappa shape index (κ1) is 21.5. The Bertz CT molecular complexity index is 1260. The van der Waals surface area contributed by atoms with E-state index < -0.39 is 0 Å². The number of hydrogen-bond donors (Lipinski definition) is 0. The van der Waals surface area contributed by atoms with Gasteiger partial charge in [-0.2, -0.15) is 0 Å². The normalized spacial score (nSPS) is 16.5. The average Bonchev–Trinajstić information content (AvgIpc) is 3.43. The van der Waals surface area contributed by atoms with Gasteiger partial charge in [-0.05, 0) is 56.1 Å². The van der Waals surface area contributed by atoms with Crippen molar-refractivity contribution in [2.24, 2.45) is 0 Å². The standard InChI is InChI=1S/C26H29FN6/c1-4-33-22-9-6-5-8-21(22)29-24(33)17-32-15-7-10-23(32)25-20(16-28-26(30-25)31(2)3)18-11-13-19(27)14-12-18/h5-6,8-9,11-14,16,23H,4,7,10,15,17H2,1-3H3. The van der Waals surface area contributed by atoms with Crippen LogP contribution in [0.3, 0.4) is 0 Å². The monoisotopic (exact) mass is 444 g/mol. The summed E-state index contributed by atoms with van der Waals surface area (Å²) in [6.07, 6.45) is 3.99. The van der Waals surface area contributed by atoms with Gasteiger partial charge in [-0.1, -0.05) is 24.3 Å². The van der Waals surface area contributed by atoms with E-state index in [1.165, 1.54) is 17.6 Å². The van der Waals surface area contributed by atoms with Crippen LogP contribution >= 0.6 is 0 Å². The minimum atomic E-state index is -0.243. The summed E-state index contributed by atoms with van der Waals surface area (Å²) in [7, 11) is 3.90. The molecule has 5 rings (SSSR count). The van der Waals surface area contributed by atoms with Crippen molar-refractivity contribution >= 4 is 17.0 Å². The number of fused-ring (bicyclic) bond motifs is 1. The second-order valence-electron chi connectivity index (χ2n) is 8.76. The molecule has 0 radical (unpaired) electrons. The molecule has 1 atom stereocenters. The number of aryl methyl sites for hydroxylation is 1. The van der Waals surface area contributed by atoms with Crippen LogP contribution in [-0.2, 0) is 13.1 Å². The number of halogens is 1. The molecule has 170 valence electrons. The molecule has 0 spiro atoms. The number of rotatable bonds is 6. The van der Waals surface area contributed by atoms with Gasteiger partial charge in [-0.3, -0.25) is 4.90 Å². The number of para-hydroxylation sites is 2. The van der Waals surface area contributed by atoms with Crippen molar-refractivity contribution in [3.63, 3.8) is 0 Å². The Labute approximate surface area is 193 Å². The maximum Gasteiger partial charge on any atom is 0.225 e. The zero-order valence-corrected chi connectivity index (χ0v) is 19.4. The Morgan fingerprint density at radius 1 is 1.06 bits per heavy atom. The largest absolute Gasteiger partial charge is 0.347 e. The van der Waals surface area contributed by atoms with E-state index in [2.05, 4.69) is 39.6 Å². The van der Waals surface area contributed by atoms with Crippen molar-refractivity contribution in [3.05, 3.63) is 72.1 Å². The van der Waals surface area contributed by atoms with Gasteiger partial charge in [0.25, 0.3) is 0 Å². The fourth-order valence-electron chi connectivity index (χ4n) is 4.81. The summed E-state index contributed by atoms with van der Waals surface area (Å²) >= 11 is 0. The lowest BCUT2D eigenvalue weighted by molar-refractivity contribution is 0.236. The summed E-state index contributed by atoms with van der Waals surface area (Å²) in [5.41, 5.74) is 5.10. The summed E-state index contributed by atoms with van der Waals surface area (Å²) in [4.78, 5) is 18.9. The van der Waals surface area contributed by atoms with E-state index in [0.29, 0.717) is 5.95 Å². The molecule has 6 nitrogen and oxygen atoms in total. The molecule has 1 unspecified atom stereocenters. The predicted molar refractivity (Wildman–Crippen MR) is 130 cm³/mol. The maximum atomic E-state index is 13.6. The van der Waals surface area contributed by atoms with E-state index in [1.807, 2.05) is 43.4 Å². The Kier molecular flexibility index (Phi) is 5.81. The van der Waals surface area contributed by atoms with E-state index in [4.69, 9.17) is 9.97 Å². The van der Waals surface area contributed by atoms with Gasteiger partial charge in [0.2, 0.25) is 5.95 Å². The van der Waals surface area contributed by atoms with Crippen LogP contribution in [0.25, 0.3) is 22.2 Å². The van der Waals surface area contributed by atoms with E-state index >= 15 is 0 Å². The van der Waals surface area contributed by atoms with Gasteiger partial charge in [0.1, 0.15) is 11.6 Å². The molecule has 2 aromatic heterocycles. The van der Waals surface area contributed by atoms with Crippen molar-refractivity contribution < 1.29 is 4.39 Å². The first-order valence-corrected chi connectivity index (χ1v) is 11.5. The number of aromatic nitrogens is 4. The van der Waals surface area contributed by atoms with Gasteiger partial charge in [0.15, 0.2) is 0 Å². The highest BCUT2D eigenvalue weighted by Crippen LogP contribution is 2.38. The summed E-state index contributed by atoms with van der Waals surface area (Å²) in [5.74, 6) is 1.52. The molecule has 0 bridgehead atoms. The van der Waals surface area contributed by atoms with E-state index in [9.17, 15) is 4.39 Å². The molecular formula is C26H29FN6. The topological polar surface area (TPSA) is 50.1 Å². The summed E-state index contributed by atoms with van der Waals surface area (Å²) in [5, 5.41) is 0. The zero-order valence-electron chi connectivity index (χ0n) is 19.4. The van der Waals surface area contributed by atoms with Crippen LogP contribution in [0.1, 0.15) is 37.3 Å². The molecule has 3 heterocycles. The molecule has 1 saturated heterocycles. The summed E-state index contributed by atoms with van der Waals surface area (Å²) in [6, 6.07) is 15.1. The van der Waals surface area contributed by atoms with Crippen molar-refractivity contribution in [2.75, 3.05) is 25.5 Å². The number of hydrogen-bond acceptors (Lipinski definition) is 5. The molecule has 0 saturated carbocycles. The molecular weight excluding hydrogens is 415 g/mol. The quantitative estimate of drug-likeness (QED) is 0.416. The Balaban J connectivity index is 1.54. The summed E-state index contributed by atoms with van der Waals surface area (Å²) in [6.45, 7) is 4.80. The van der Waals surface area contributed by atoms with E-state index in [0.717, 1.165) is 60.6 Å². The van der Waals surface area contributed by atoms with Crippen molar-refractivity contribution in [2.45, 2.75) is 38.9 Å². The van der Waals surface area contributed by atoms with Crippen molar-refractivity contribution in [1.82, 2.24) is 24.4 Å². The van der Waals surface area contributed by atoms with Crippen molar-refractivity contribution in [3.8, 4) is 11.1 Å². The highest BCUT2D eigenvalue weighted by molar-refractivity contribution is 5.75. The molecule has 0 aliphatic carbocycles. The number of benzene rings is 2. The molecule has 1 aliphatic rings. The minimum Gasteiger partial charge on any atom is -0.347 e. The molecule has 1 fully saturated rings. The average molecular weight is 445 g/mol. The number of anilines is 1. The fourth-order valence-corrected chi connectivity index (χ4v) is 4.81. The highest BCUT2D eigenvalue weighted by Gasteiger charge is 2.31. The number of nitrogens with zero attached hydrogens (tertiary/aromatic N) is 6. The summed E-state index contributed by atoms with van der Waals surface area (Å²) < 4.78 is 15.9. The van der Waals surface area contributed by atoms with Crippen LogP contribution in [0.4, 0.5) is 10.3 Å². The molecule has 0 N–H and O–H groups in total. The lowest BCUT2D eigenvalue weighted by Gasteiger charge is -2.26. The van der Waals surface area contributed by atoms with E-state index in [1.54, 1.807) is 0 Å². The molecule has 0 amide bonds. The molecule has 2 aromatic carbocycles. The van der Waals surface area contributed by atoms with Gasteiger partial charge in [0, 0.05) is 32.4 Å². The first-order valence-electron chi connectivity index (χ1n) is 11.5. The predicted octanol–water partition coefficient (Wildman–Crippen LogP) is 5.06. The molecule has 7 heteroatoms. The second-order valence-corrected chi connectivity index (χ2v) is 8.76. The van der Waals surface area contributed by atoms with Crippen LogP contribution in [-0.4, -0.2) is 45.1 Å². The third-order valence-corrected chi connectivity index (χ3v) is 6.43. The first-order chi connectivity index (χ1) is 16.0. The second kappa shape index (κ2) is 8.90. The van der Waals surface area contributed by atoms with Crippen molar-refractivity contribution in [1.29, 1.82) is 0 Å². The Hall–Kier alpha value is -3.32. The zero-order chi connectivity index (χ0) is 22.9. The van der Waals surface area contributed by atoms with Gasteiger partial charge in [-0.15, -0.1) is 0 Å². The van der Waals surface area contributed by atoms with Gasteiger partial charge >= 0.3 is 0 Å². The lowest BCUT2D eigenvalue weighted by Crippen LogP contribution is -2.26. The van der Waals surface area contributed by atoms with Crippen LogP contribution in [0.15, 0.2) is 54.7 Å². The van der Waals surface area contributed by atoms with Crippen LogP contribution < -0.4 is 4.90 Å². The van der Waals surface area contributed by atoms with Gasteiger partial charge in [0.05, 0.1) is 29.3 Å². The third kappa shape index (κ3) is 4.09. The van der Waals surface area contributed by atoms with Crippen LogP contribution in [0.5, 0.6) is 0 Å². The molecule has 1 aliphatic heterocycles. The number of likely N-dealkylation sites (tertiary alicyclic amines) is 1. The van der Waals surface area contributed by atoms with Crippen LogP contribution in [0, 0.1) is 5.82 Å². The van der Waals surface area contributed by atoms with Gasteiger partial charge in [-0.25, -0.2) is 19.3 Å². The Morgan fingerprint density at radius 2 is 1.85 bits per heavy atom. The van der Waals surface area contributed by atoms with E-state index in [-0.39, 0.29) is 11.9 Å². The molecule has 33 heavy (non-hydrogen) atoms. The lowest BCUT2D eigenvalue weighted by atomic mass is 10.00.